The van der Waals surface area contributed by atoms with Gasteiger partial charge < -0.3 is 15.0 Å². The molecule has 0 unspecified atom stereocenters. The predicted molar refractivity (Wildman–Crippen MR) is 92.4 cm³/mol. The Morgan fingerprint density at radius 3 is 2.71 bits per heavy atom. The fraction of sp³-hybridized carbons (Fsp3) is 0.235. The monoisotopic (exact) mass is 347 g/mol. The number of aromatic nitrogens is 1. The summed E-state index contributed by atoms with van der Waals surface area (Å²) >= 11 is 5.72. The summed E-state index contributed by atoms with van der Waals surface area (Å²) in [6.45, 7) is 2.14. The lowest BCUT2D eigenvalue weighted by Gasteiger charge is -2.20. The van der Waals surface area contributed by atoms with Crippen LogP contribution in [0.15, 0.2) is 42.6 Å². The highest BCUT2D eigenvalue weighted by atomic mass is 35.5. The first-order chi connectivity index (χ1) is 11.5. The van der Waals surface area contributed by atoms with Crippen LogP contribution in [-0.2, 0) is 4.79 Å². The lowest BCUT2D eigenvalue weighted by molar-refractivity contribution is -0.116. The molecule has 7 heteroatoms. The van der Waals surface area contributed by atoms with Gasteiger partial charge in [0.2, 0.25) is 5.91 Å². The highest BCUT2D eigenvalue weighted by Gasteiger charge is 2.17. The molecule has 0 fully saturated rings. The summed E-state index contributed by atoms with van der Waals surface area (Å²) in [5, 5.41) is 3.06. The minimum absolute atomic E-state index is 0.0603. The molecule has 0 saturated heterocycles. The number of anilines is 1. The molecule has 0 bridgehead atoms. The average molecular weight is 348 g/mol. The van der Waals surface area contributed by atoms with Crippen molar-refractivity contribution in [2.45, 2.75) is 6.92 Å². The minimum atomic E-state index is -0.291. The number of rotatable bonds is 6. The molecule has 0 radical (unpaired) electrons. The van der Waals surface area contributed by atoms with Crippen molar-refractivity contribution in [3.63, 3.8) is 0 Å². The number of carbonyl (C=O) groups is 2. The van der Waals surface area contributed by atoms with E-state index in [1.54, 1.807) is 50.4 Å². The van der Waals surface area contributed by atoms with E-state index >= 15 is 0 Å². The van der Waals surface area contributed by atoms with Crippen LogP contribution in [0.4, 0.5) is 5.69 Å². The first-order valence-corrected chi connectivity index (χ1v) is 7.76. The van der Waals surface area contributed by atoms with Crippen molar-refractivity contribution in [3.05, 3.63) is 53.3 Å². The Morgan fingerprint density at radius 2 is 2.08 bits per heavy atom. The van der Waals surface area contributed by atoms with Gasteiger partial charge >= 0.3 is 0 Å². The first-order valence-electron chi connectivity index (χ1n) is 7.38. The fourth-order valence-corrected chi connectivity index (χ4v) is 2.20. The van der Waals surface area contributed by atoms with Crippen LogP contribution in [0.25, 0.3) is 0 Å². The zero-order valence-corrected chi connectivity index (χ0v) is 14.2. The predicted octanol–water partition coefficient (Wildman–Crippen LogP) is 2.84. The molecule has 2 amide bonds. The summed E-state index contributed by atoms with van der Waals surface area (Å²) in [6, 6.07) is 10.1. The second kappa shape index (κ2) is 8.31. The van der Waals surface area contributed by atoms with E-state index in [2.05, 4.69) is 10.3 Å². The molecule has 1 aromatic heterocycles. The summed E-state index contributed by atoms with van der Waals surface area (Å²) < 4.78 is 5.11. The van der Waals surface area contributed by atoms with Gasteiger partial charge in [-0.2, -0.15) is 0 Å². The molecular formula is C17H18ClN3O3. The second-order valence-electron chi connectivity index (χ2n) is 4.97. The highest BCUT2D eigenvalue weighted by molar-refractivity contribution is 6.29. The van der Waals surface area contributed by atoms with E-state index in [0.717, 1.165) is 0 Å². The van der Waals surface area contributed by atoms with E-state index in [4.69, 9.17) is 16.3 Å². The Labute approximate surface area is 145 Å². The van der Waals surface area contributed by atoms with E-state index in [1.165, 1.54) is 11.1 Å². The number of hydrogen-bond acceptors (Lipinski definition) is 4. The van der Waals surface area contributed by atoms with E-state index in [1.807, 2.05) is 0 Å². The van der Waals surface area contributed by atoms with Gasteiger partial charge in [0.1, 0.15) is 17.4 Å². The van der Waals surface area contributed by atoms with Crippen molar-refractivity contribution in [1.29, 1.82) is 0 Å². The zero-order chi connectivity index (χ0) is 17.5. The van der Waals surface area contributed by atoms with Crippen LogP contribution in [0.5, 0.6) is 5.75 Å². The number of amides is 2. The standard InChI is InChI=1S/C17H18ClN3O3/c1-3-21(17(23)12-7-8-15(18)19-10-12)11-16(22)20-13-5-4-6-14(9-13)24-2/h4-10H,3,11H2,1-2H3,(H,20,22). The largest absolute Gasteiger partial charge is 0.497 e. The van der Waals surface area contributed by atoms with Gasteiger partial charge in [-0.15, -0.1) is 0 Å². The topological polar surface area (TPSA) is 71.5 Å². The molecule has 0 aliphatic rings. The molecule has 2 rings (SSSR count). The Morgan fingerprint density at radius 1 is 1.29 bits per heavy atom. The van der Waals surface area contributed by atoms with Gasteiger partial charge in [-0.05, 0) is 31.2 Å². The molecule has 1 heterocycles. The van der Waals surface area contributed by atoms with Gasteiger partial charge in [0.05, 0.1) is 12.7 Å². The number of hydrogen-bond donors (Lipinski definition) is 1. The molecule has 24 heavy (non-hydrogen) atoms. The van der Waals surface area contributed by atoms with E-state index < -0.39 is 0 Å². The molecule has 0 aliphatic heterocycles. The molecule has 0 atom stereocenters. The molecular weight excluding hydrogens is 330 g/mol. The molecule has 1 aromatic carbocycles. The van der Waals surface area contributed by atoms with Gasteiger partial charge in [0.15, 0.2) is 0 Å². The van der Waals surface area contributed by atoms with Crippen molar-refractivity contribution >= 4 is 29.1 Å². The normalized spacial score (nSPS) is 10.1. The maximum atomic E-state index is 12.4. The summed E-state index contributed by atoms with van der Waals surface area (Å²) in [7, 11) is 1.55. The highest BCUT2D eigenvalue weighted by Crippen LogP contribution is 2.16. The number of carbonyl (C=O) groups excluding carboxylic acids is 2. The Hall–Kier alpha value is -2.60. The van der Waals surface area contributed by atoms with Crippen LogP contribution in [0.3, 0.4) is 0 Å². The summed E-state index contributed by atoms with van der Waals surface area (Å²) in [4.78, 5) is 29.9. The van der Waals surface area contributed by atoms with E-state index in [0.29, 0.717) is 28.7 Å². The number of ether oxygens (including phenoxy) is 1. The Bertz CT molecular complexity index is 719. The molecule has 2 aromatic rings. The number of methoxy groups -OCH3 is 1. The SMILES string of the molecule is CCN(CC(=O)Nc1cccc(OC)c1)C(=O)c1ccc(Cl)nc1. The van der Waals surface area contributed by atoms with Gasteiger partial charge in [-0.25, -0.2) is 4.98 Å². The Balaban J connectivity index is 2.02. The van der Waals surface area contributed by atoms with Crippen molar-refractivity contribution in [3.8, 4) is 5.75 Å². The van der Waals surface area contributed by atoms with Gasteiger partial charge in [0.25, 0.3) is 5.91 Å². The molecule has 0 saturated carbocycles. The van der Waals surface area contributed by atoms with Gasteiger partial charge in [0, 0.05) is 24.5 Å². The van der Waals surface area contributed by atoms with Crippen LogP contribution in [0.2, 0.25) is 5.15 Å². The quantitative estimate of drug-likeness (QED) is 0.816. The van der Waals surface area contributed by atoms with Crippen molar-refractivity contribution in [1.82, 2.24) is 9.88 Å². The lowest BCUT2D eigenvalue weighted by Crippen LogP contribution is -2.37. The number of halogens is 1. The third-order valence-corrected chi connectivity index (χ3v) is 3.55. The zero-order valence-electron chi connectivity index (χ0n) is 13.5. The number of pyridine rings is 1. The molecule has 0 aliphatic carbocycles. The van der Waals surface area contributed by atoms with Crippen molar-refractivity contribution in [2.75, 3.05) is 25.5 Å². The molecule has 1 N–H and O–H groups in total. The van der Waals surface area contributed by atoms with Gasteiger partial charge in [-0.1, -0.05) is 17.7 Å². The van der Waals surface area contributed by atoms with Crippen LogP contribution in [-0.4, -0.2) is 41.9 Å². The maximum absolute atomic E-state index is 12.4. The van der Waals surface area contributed by atoms with E-state index in [-0.39, 0.29) is 18.4 Å². The molecule has 0 spiro atoms. The molecule has 126 valence electrons. The third-order valence-electron chi connectivity index (χ3n) is 3.33. The van der Waals surface area contributed by atoms with E-state index in [9.17, 15) is 9.59 Å². The fourth-order valence-electron chi connectivity index (χ4n) is 2.09. The summed E-state index contributed by atoms with van der Waals surface area (Å²) in [5.41, 5.74) is 0.992. The minimum Gasteiger partial charge on any atom is -0.497 e. The van der Waals surface area contributed by atoms with Crippen LogP contribution < -0.4 is 10.1 Å². The van der Waals surface area contributed by atoms with Crippen LogP contribution >= 0.6 is 11.6 Å². The van der Waals surface area contributed by atoms with Crippen molar-refractivity contribution < 1.29 is 14.3 Å². The third kappa shape index (κ3) is 4.70. The van der Waals surface area contributed by atoms with Gasteiger partial charge in [-0.3, -0.25) is 9.59 Å². The number of benzene rings is 1. The lowest BCUT2D eigenvalue weighted by atomic mass is 10.2. The summed E-state index contributed by atoms with van der Waals surface area (Å²) in [6.07, 6.45) is 1.40. The Kier molecular flexibility index (Phi) is 6.14. The maximum Gasteiger partial charge on any atom is 0.255 e. The average Bonchev–Trinajstić information content (AvgIpc) is 2.60. The summed E-state index contributed by atoms with van der Waals surface area (Å²) in [5.74, 6) is 0.0753. The van der Waals surface area contributed by atoms with Crippen molar-refractivity contribution in [2.24, 2.45) is 0 Å². The van der Waals surface area contributed by atoms with Crippen LogP contribution in [0.1, 0.15) is 17.3 Å². The van der Waals surface area contributed by atoms with Crippen LogP contribution in [0, 0.1) is 0 Å². The first kappa shape index (κ1) is 17.7. The number of nitrogens with one attached hydrogen (secondary N) is 1. The number of nitrogens with zero attached hydrogens (tertiary/aromatic N) is 2. The smallest absolute Gasteiger partial charge is 0.255 e. The second-order valence-corrected chi connectivity index (χ2v) is 5.36. The number of likely N-dealkylation sites (N-methyl/N-ethyl adjacent to an activating group) is 1. The molecule has 6 nitrogen and oxygen atoms in total.